The van der Waals surface area contributed by atoms with E-state index in [0.717, 1.165) is 26.1 Å². The fourth-order valence-corrected chi connectivity index (χ4v) is 2.09. The van der Waals surface area contributed by atoms with Gasteiger partial charge in [0.15, 0.2) is 0 Å². The van der Waals surface area contributed by atoms with E-state index in [9.17, 15) is 4.79 Å². The van der Waals surface area contributed by atoms with E-state index < -0.39 is 0 Å². The summed E-state index contributed by atoms with van der Waals surface area (Å²) in [4.78, 5) is 11.9. The predicted octanol–water partition coefficient (Wildman–Crippen LogP) is 0.764. The third-order valence-electron chi connectivity index (χ3n) is 3.15. The van der Waals surface area contributed by atoms with Crippen LogP contribution in [0.2, 0.25) is 0 Å². The van der Waals surface area contributed by atoms with Crippen molar-refractivity contribution in [3.05, 3.63) is 18.0 Å². The minimum Gasteiger partial charge on any atom is -0.397 e. The first kappa shape index (κ1) is 12.0. The molecule has 17 heavy (non-hydrogen) atoms. The number of carbonyl (C=O) groups is 1. The zero-order valence-electron chi connectivity index (χ0n) is 10.1. The SMILES string of the molecule is Cn1cc(N)cc1C(=O)NCC1CCOCC1. The van der Waals surface area contributed by atoms with Crippen LogP contribution in [0.3, 0.4) is 0 Å². The number of hydrogen-bond acceptors (Lipinski definition) is 3. The van der Waals surface area contributed by atoms with E-state index >= 15 is 0 Å². The van der Waals surface area contributed by atoms with Gasteiger partial charge in [-0.2, -0.15) is 0 Å². The molecule has 0 saturated carbocycles. The van der Waals surface area contributed by atoms with Gasteiger partial charge in [0.1, 0.15) is 5.69 Å². The molecule has 0 radical (unpaired) electrons. The van der Waals surface area contributed by atoms with Gasteiger partial charge < -0.3 is 20.4 Å². The molecule has 0 spiro atoms. The summed E-state index contributed by atoms with van der Waals surface area (Å²) in [6, 6.07) is 1.69. The number of nitrogens with one attached hydrogen (secondary N) is 1. The standard InChI is InChI=1S/C12H19N3O2/c1-15-8-10(13)6-11(15)12(16)14-7-9-2-4-17-5-3-9/h6,8-9H,2-5,7,13H2,1H3,(H,14,16). The highest BCUT2D eigenvalue weighted by molar-refractivity contribution is 5.93. The molecule has 94 valence electrons. The molecule has 1 aromatic heterocycles. The predicted molar refractivity (Wildman–Crippen MR) is 65.7 cm³/mol. The number of aryl methyl sites for hydroxylation is 1. The van der Waals surface area contributed by atoms with Gasteiger partial charge in [0.25, 0.3) is 5.91 Å². The highest BCUT2D eigenvalue weighted by Crippen LogP contribution is 2.14. The molecule has 0 bridgehead atoms. The smallest absolute Gasteiger partial charge is 0.267 e. The molecule has 5 heteroatoms. The second kappa shape index (κ2) is 5.23. The molecular weight excluding hydrogens is 218 g/mol. The van der Waals surface area contributed by atoms with E-state index in [2.05, 4.69) is 5.32 Å². The topological polar surface area (TPSA) is 69.3 Å². The van der Waals surface area contributed by atoms with Crippen molar-refractivity contribution < 1.29 is 9.53 Å². The number of rotatable bonds is 3. The van der Waals surface area contributed by atoms with Gasteiger partial charge in [0.2, 0.25) is 0 Å². The van der Waals surface area contributed by atoms with Crippen molar-refractivity contribution in [1.29, 1.82) is 0 Å². The van der Waals surface area contributed by atoms with E-state index in [4.69, 9.17) is 10.5 Å². The Morgan fingerprint density at radius 3 is 2.88 bits per heavy atom. The maximum Gasteiger partial charge on any atom is 0.267 e. The van der Waals surface area contributed by atoms with Gasteiger partial charge in [-0.3, -0.25) is 4.79 Å². The van der Waals surface area contributed by atoms with E-state index in [1.165, 1.54) is 0 Å². The van der Waals surface area contributed by atoms with Crippen LogP contribution in [-0.2, 0) is 11.8 Å². The third-order valence-corrected chi connectivity index (χ3v) is 3.15. The molecule has 3 N–H and O–H groups in total. The first-order chi connectivity index (χ1) is 8.16. The molecule has 2 heterocycles. The zero-order chi connectivity index (χ0) is 12.3. The average molecular weight is 237 g/mol. The number of aromatic nitrogens is 1. The van der Waals surface area contributed by atoms with Gasteiger partial charge >= 0.3 is 0 Å². The Morgan fingerprint density at radius 2 is 2.29 bits per heavy atom. The number of nitrogens with two attached hydrogens (primary N) is 1. The van der Waals surface area contributed by atoms with Crippen molar-refractivity contribution in [3.63, 3.8) is 0 Å². The summed E-state index contributed by atoms with van der Waals surface area (Å²) in [5.41, 5.74) is 6.86. The number of anilines is 1. The molecule has 5 nitrogen and oxygen atoms in total. The van der Waals surface area contributed by atoms with E-state index in [1.807, 2.05) is 7.05 Å². The summed E-state index contributed by atoms with van der Waals surface area (Å²) in [5, 5.41) is 2.95. The molecule has 0 aromatic carbocycles. The lowest BCUT2D eigenvalue weighted by atomic mass is 10.0. The molecule has 0 atom stereocenters. The summed E-state index contributed by atoms with van der Waals surface area (Å²) in [5.74, 6) is 0.473. The molecule has 1 amide bonds. The Kier molecular flexibility index (Phi) is 3.68. The quantitative estimate of drug-likeness (QED) is 0.815. The lowest BCUT2D eigenvalue weighted by molar-refractivity contribution is 0.0641. The molecule has 0 unspecified atom stereocenters. The first-order valence-electron chi connectivity index (χ1n) is 5.94. The van der Waals surface area contributed by atoms with Gasteiger partial charge in [-0.1, -0.05) is 0 Å². The Labute approximate surface area is 101 Å². The van der Waals surface area contributed by atoms with Crippen molar-refractivity contribution >= 4 is 11.6 Å². The average Bonchev–Trinajstić information content (AvgIpc) is 2.67. The van der Waals surface area contributed by atoms with Crippen LogP contribution < -0.4 is 11.1 Å². The van der Waals surface area contributed by atoms with Crippen LogP contribution in [0.4, 0.5) is 5.69 Å². The van der Waals surface area contributed by atoms with Gasteiger partial charge in [0.05, 0.1) is 5.69 Å². The maximum absolute atomic E-state index is 11.9. The second-order valence-electron chi connectivity index (χ2n) is 4.54. The molecule has 1 aliphatic rings. The Morgan fingerprint density at radius 1 is 1.59 bits per heavy atom. The van der Waals surface area contributed by atoms with Gasteiger partial charge in [-0.25, -0.2) is 0 Å². The zero-order valence-corrected chi connectivity index (χ0v) is 10.1. The molecular formula is C12H19N3O2. The molecule has 1 fully saturated rings. The van der Waals surface area contributed by atoms with Crippen LogP contribution in [0.15, 0.2) is 12.3 Å². The van der Waals surface area contributed by atoms with E-state index in [0.29, 0.717) is 23.8 Å². The molecule has 2 rings (SSSR count). The minimum absolute atomic E-state index is 0.0595. The molecule has 0 aliphatic carbocycles. The number of nitrogen functional groups attached to an aromatic ring is 1. The maximum atomic E-state index is 11.9. The number of nitrogens with zero attached hydrogens (tertiary/aromatic N) is 1. The number of hydrogen-bond donors (Lipinski definition) is 2. The van der Waals surface area contributed by atoms with Gasteiger partial charge in [-0.15, -0.1) is 0 Å². The Balaban J connectivity index is 1.86. The van der Waals surface area contributed by atoms with Crippen LogP contribution in [-0.4, -0.2) is 30.2 Å². The van der Waals surface area contributed by atoms with Gasteiger partial charge in [-0.05, 0) is 24.8 Å². The number of carbonyl (C=O) groups excluding carboxylic acids is 1. The Bertz CT molecular complexity index is 394. The summed E-state index contributed by atoms with van der Waals surface area (Å²) in [6.45, 7) is 2.32. The van der Waals surface area contributed by atoms with Crippen LogP contribution >= 0.6 is 0 Å². The van der Waals surface area contributed by atoms with Crippen molar-refractivity contribution in [1.82, 2.24) is 9.88 Å². The fraction of sp³-hybridized carbons (Fsp3) is 0.583. The molecule has 1 saturated heterocycles. The van der Waals surface area contributed by atoms with Crippen molar-refractivity contribution in [2.24, 2.45) is 13.0 Å². The highest BCUT2D eigenvalue weighted by Gasteiger charge is 2.16. The summed E-state index contributed by atoms with van der Waals surface area (Å²) in [6.07, 6.45) is 3.79. The summed E-state index contributed by atoms with van der Waals surface area (Å²) in [7, 11) is 1.82. The monoisotopic (exact) mass is 237 g/mol. The van der Waals surface area contributed by atoms with Crippen molar-refractivity contribution in [3.8, 4) is 0 Å². The van der Waals surface area contributed by atoms with Crippen molar-refractivity contribution in [2.75, 3.05) is 25.5 Å². The van der Waals surface area contributed by atoms with E-state index in [-0.39, 0.29) is 5.91 Å². The van der Waals surface area contributed by atoms with Crippen LogP contribution in [0.25, 0.3) is 0 Å². The molecule has 1 aromatic rings. The van der Waals surface area contributed by atoms with Crippen molar-refractivity contribution in [2.45, 2.75) is 12.8 Å². The second-order valence-corrected chi connectivity index (χ2v) is 4.54. The van der Waals surface area contributed by atoms with E-state index in [1.54, 1.807) is 16.8 Å². The van der Waals surface area contributed by atoms with Crippen LogP contribution in [0.5, 0.6) is 0 Å². The fourth-order valence-electron chi connectivity index (χ4n) is 2.09. The van der Waals surface area contributed by atoms with Crippen LogP contribution in [0, 0.1) is 5.92 Å². The van der Waals surface area contributed by atoms with Gasteiger partial charge in [0, 0.05) is 33.0 Å². The Hall–Kier alpha value is -1.49. The first-order valence-corrected chi connectivity index (χ1v) is 5.94. The number of amides is 1. The summed E-state index contributed by atoms with van der Waals surface area (Å²) < 4.78 is 7.02. The highest BCUT2D eigenvalue weighted by atomic mass is 16.5. The van der Waals surface area contributed by atoms with Crippen LogP contribution in [0.1, 0.15) is 23.3 Å². The summed E-state index contributed by atoms with van der Waals surface area (Å²) >= 11 is 0. The largest absolute Gasteiger partial charge is 0.397 e. The molecule has 1 aliphatic heterocycles. The minimum atomic E-state index is -0.0595. The lowest BCUT2D eigenvalue weighted by Gasteiger charge is -2.22. The normalized spacial score (nSPS) is 17.0. The lowest BCUT2D eigenvalue weighted by Crippen LogP contribution is -2.33. The number of ether oxygens (including phenoxy) is 1. The third kappa shape index (κ3) is 3.00.